The highest BCUT2D eigenvalue weighted by Crippen LogP contribution is 2.19. The van der Waals surface area contributed by atoms with E-state index in [1.807, 2.05) is 26.0 Å². The molecule has 122 valence electrons. The Morgan fingerprint density at radius 3 is 2.75 bits per heavy atom. The van der Waals surface area contributed by atoms with Crippen LogP contribution in [0.1, 0.15) is 11.1 Å². The third-order valence-corrected chi connectivity index (χ3v) is 3.76. The van der Waals surface area contributed by atoms with Crippen molar-refractivity contribution in [1.29, 1.82) is 0 Å². The van der Waals surface area contributed by atoms with Gasteiger partial charge < -0.3 is 5.32 Å². The number of fused-ring (bicyclic) bond motifs is 1. The lowest BCUT2D eigenvalue weighted by Crippen LogP contribution is -2.19. The fourth-order valence-corrected chi connectivity index (χ4v) is 2.37. The zero-order valence-electron chi connectivity index (χ0n) is 13.2. The van der Waals surface area contributed by atoms with Gasteiger partial charge in [0.05, 0.1) is 10.4 Å². The first-order chi connectivity index (χ1) is 11.4. The highest BCUT2D eigenvalue weighted by atomic mass is 16.6. The molecule has 3 aromatic rings. The van der Waals surface area contributed by atoms with Crippen LogP contribution in [0.15, 0.2) is 36.4 Å². The minimum Gasteiger partial charge on any atom is -0.324 e. The van der Waals surface area contributed by atoms with Crippen molar-refractivity contribution in [2.24, 2.45) is 0 Å². The van der Waals surface area contributed by atoms with E-state index < -0.39 is 4.92 Å². The van der Waals surface area contributed by atoms with Gasteiger partial charge in [0.15, 0.2) is 0 Å². The van der Waals surface area contributed by atoms with Gasteiger partial charge >= 0.3 is 0 Å². The van der Waals surface area contributed by atoms with Crippen LogP contribution < -0.4 is 5.32 Å². The highest BCUT2D eigenvalue weighted by molar-refractivity contribution is 5.91. The number of aromatic nitrogens is 3. The van der Waals surface area contributed by atoms with Crippen LogP contribution in [0.3, 0.4) is 0 Å². The molecular weight excluding hydrogens is 310 g/mol. The van der Waals surface area contributed by atoms with E-state index in [9.17, 15) is 14.9 Å². The summed E-state index contributed by atoms with van der Waals surface area (Å²) in [4.78, 5) is 22.5. The van der Waals surface area contributed by atoms with Crippen LogP contribution in [0.5, 0.6) is 0 Å². The topological polar surface area (TPSA) is 103 Å². The fourth-order valence-electron chi connectivity index (χ4n) is 2.37. The van der Waals surface area contributed by atoms with Crippen LogP contribution >= 0.6 is 0 Å². The Bertz CT molecular complexity index is 948. The molecule has 0 fully saturated rings. The van der Waals surface area contributed by atoms with E-state index >= 15 is 0 Å². The number of benzene rings is 2. The normalized spacial score (nSPS) is 10.8. The molecule has 0 aliphatic heterocycles. The number of aryl methyl sites for hydroxylation is 2. The van der Waals surface area contributed by atoms with Crippen molar-refractivity contribution in [2.45, 2.75) is 20.4 Å². The third-order valence-electron chi connectivity index (χ3n) is 3.76. The van der Waals surface area contributed by atoms with E-state index in [2.05, 4.69) is 15.6 Å². The predicted octanol–water partition coefficient (Wildman–Crippen LogP) is 2.60. The molecule has 0 bridgehead atoms. The second kappa shape index (κ2) is 6.07. The average molecular weight is 325 g/mol. The molecule has 24 heavy (non-hydrogen) atoms. The number of anilines is 1. The Labute approximate surface area is 137 Å². The van der Waals surface area contributed by atoms with Crippen LogP contribution in [0.4, 0.5) is 11.4 Å². The van der Waals surface area contributed by atoms with E-state index in [1.165, 1.54) is 22.9 Å². The van der Waals surface area contributed by atoms with Crippen LogP contribution in [-0.4, -0.2) is 25.8 Å². The van der Waals surface area contributed by atoms with Crippen LogP contribution in [0, 0.1) is 24.0 Å². The number of nitro groups is 1. The first-order valence-electron chi connectivity index (χ1n) is 7.29. The predicted molar refractivity (Wildman–Crippen MR) is 88.7 cm³/mol. The van der Waals surface area contributed by atoms with E-state index in [1.54, 1.807) is 6.07 Å². The molecule has 0 atom stereocenters. The molecule has 0 saturated carbocycles. The number of rotatable bonds is 4. The molecule has 0 radical (unpaired) electrons. The maximum Gasteiger partial charge on any atom is 0.271 e. The summed E-state index contributed by atoms with van der Waals surface area (Å²) in [5.41, 5.74) is 3.98. The number of nitrogens with one attached hydrogen (secondary N) is 1. The summed E-state index contributed by atoms with van der Waals surface area (Å²) in [6, 6.07) is 9.65. The van der Waals surface area contributed by atoms with E-state index in [0.717, 1.165) is 22.2 Å². The molecule has 1 N–H and O–H groups in total. The molecule has 1 heterocycles. The van der Waals surface area contributed by atoms with Crippen molar-refractivity contribution in [3.05, 3.63) is 57.6 Å². The first-order valence-corrected chi connectivity index (χ1v) is 7.29. The summed E-state index contributed by atoms with van der Waals surface area (Å²) in [5.74, 6) is -0.333. The second-order valence-corrected chi connectivity index (χ2v) is 5.53. The second-order valence-electron chi connectivity index (χ2n) is 5.53. The van der Waals surface area contributed by atoms with Gasteiger partial charge in [-0.25, -0.2) is 4.68 Å². The Hall–Kier alpha value is -3.29. The number of carbonyl (C=O) groups excluding carboxylic acids is 1. The van der Waals surface area contributed by atoms with Gasteiger partial charge in [-0.2, -0.15) is 0 Å². The quantitative estimate of drug-likeness (QED) is 0.586. The lowest BCUT2D eigenvalue weighted by atomic mass is 10.1. The van der Waals surface area contributed by atoms with Crippen molar-refractivity contribution in [2.75, 3.05) is 5.32 Å². The van der Waals surface area contributed by atoms with Crippen molar-refractivity contribution >= 4 is 28.3 Å². The number of hydrogen-bond donors (Lipinski definition) is 1. The Balaban J connectivity index is 1.79. The summed E-state index contributed by atoms with van der Waals surface area (Å²) in [7, 11) is 0. The largest absolute Gasteiger partial charge is 0.324 e. The lowest BCUT2D eigenvalue weighted by molar-refractivity contribution is -0.384. The van der Waals surface area contributed by atoms with Crippen LogP contribution in [0.2, 0.25) is 0 Å². The Morgan fingerprint density at radius 2 is 2.00 bits per heavy atom. The number of amides is 1. The smallest absolute Gasteiger partial charge is 0.271 e. The standard InChI is InChI=1S/C16H15N5O3/c1-10-6-14-15(7-11(10)2)20(19-18-14)9-16(22)17-12-4-3-5-13(8-12)21(23)24/h3-8H,9H2,1-2H3,(H,17,22). The molecule has 2 aromatic carbocycles. The third kappa shape index (κ3) is 3.07. The van der Waals surface area contributed by atoms with Gasteiger partial charge in [0, 0.05) is 17.8 Å². The van der Waals surface area contributed by atoms with Crippen LogP contribution in [-0.2, 0) is 11.3 Å². The van der Waals surface area contributed by atoms with E-state index in [-0.39, 0.29) is 18.1 Å². The number of carbonyl (C=O) groups is 1. The molecule has 1 amide bonds. The molecule has 8 heteroatoms. The first kappa shape index (κ1) is 15.6. The zero-order valence-corrected chi connectivity index (χ0v) is 13.2. The molecule has 3 rings (SSSR count). The molecular formula is C16H15N5O3. The molecule has 8 nitrogen and oxygen atoms in total. The molecule has 1 aromatic heterocycles. The van der Waals surface area contributed by atoms with Crippen molar-refractivity contribution in [1.82, 2.24) is 15.0 Å². The molecule has 0 saturated heterocycles. The van der Waals surface area contributed by atoms with Crippen molar-refractivity contribution < 1.29 is 9.72 Å². The summed E-state index contributed by atoms with van der Waals surface area (Å²) in [6.07, 6.45) is 0. The molecule has 0 aliphatic carbocycles. The summed E-state index contributed by atoms with van der Waals surface area (Å²) >= 11 is 0. The number of nitrogens with zero attached hydrogens (tertiary/aromatic N) is 4. The van der Waals surface area contributed by atoms with Gasteiger partial charge in [0.2, 0.25) is 5.91 Å². The summed E-state index contributed by atoms with van der Waals surface area (Å²) in [6.45, 7) is 3.94. The number of non-ortho nitro benzene ring substituents is 1. The summed E-state index contributed by atoms with van der Waals surface area (Å²) < 4.78 is 1.51. The zero-order chi connectivity index (χ0) is 17.3. The summed E-state index contributed by atoms with van der Waals surface area (Å²) in [5, 5.41) is 21.5. The molecule has 0 aliphatic rings. The Morgan fingerprint density at radius 1 is 1.25 bits per heavy atom. The average Bonchev–Trinajstić information content (AvgIpc) is 2.90. The van der Waals surface area contributed by atoms with E-state index in [4.69, 9.17) is 0 Å². The van der Waals surface area contributed by atoms with Gasteiger partial charge in [-0.05, 0) is 43.2 Å². The van der Waals surface area contributed by atoms with E-state index in [0.29, 0.717) is 5.69 Å². The lowest BCUT2D eigenvalue weighted by Gasteiger charge is -2.06. The van der Waals surface area contributed by atoms with Crippen molar-refractivity contribution in [3.63, 3.8) is 0 Å². The minimum atomic E-state index is -0.508. The van der Waals surface area contributed by atoms with Gasteiger partial charge in [0.1, 0.15) is 12.1 Å². The Kier molecular flexibility index (Phi) is 3.95. The number of hydrogen-bond acceptors (Lipinski definition) is 5. The SMILES string of the molecule is Cc1cc2nnn(CC(=O)Nc3cccc([N+](=O)[O-])c3)c2cc1C. The maximum atomic E-state index is 12.2. The van der Waals surface area contributed by atoms with Gasteiger partial charge in [-0.1, -0.05) is 11.3 Å². The fraction of sp³-hybridized carbons (Fsp3) is 0.188. The molecule has 0 unspecified atom stereocenters. The van der Waals surface area contributed by atoms with Gasteiger partial charge in [0.25, 0.3) is 5.69 Å². The monoisotopic (exact) mass is 325 g/mol. The van der Waals surface area contributed by atoms with Crippen LogP contribution in [0.25, 0.3) is 11.0 Å². The molecule has 0 spiro atoms. The minimum absolute atomic E-state index is 0.0261. The van der Waals surface area contributed by atoms with Gasteiger partial charge in [-0.3, -0.25) is 14.9 Å². The maximum absolute atomic E-state index is 12.2. The highest BCUT2D eigenvalue weighted by Gasteiger charge is 2.12. The number of nitro benzene ring substituents is 1. The van der Waals surface area contributed by atoms with Crippen molar-refractivity contribution in [3.8, 4) is 0 Å². The van der Waals surface area contributed by atoms with Gasteiger partial charge in [-0.15, -0.1) is 5.10 Å².